The Bertz CT molecular complexity index is 220. The lowest BCUT2D eigenvalue weighted by molar-refractivity contribution is -0.139. The summed E-state index contributed by atoms with van der Waals surface area (Å²) in [6, 6.07) is 0.149. The van der Waals surface area contributed by atoms with Crippen LogP contribution in [0.15, 0.2) is 0 Å². The van der Waals surface area contributed by atoms with E-state index in [-0.39, 0.29) is 12.6 Å². The van der Waals surface area contributed by atoms with E-state index in [9.17, 15) is 4.79 Å². The van der Waals surface area contributed by atoms with Crippen molar-refractivity contribution < 1.29 is 14.6 Å². The second-order valence-electron chi connectivity index (χ2n) is 4.93. The van der Waals surface area contributed by atoms with Crippen LogP contribution in [0.4, 0.5) is 0 Å². The summed E-state index contributed by atoms with van der Waals surface area (Å²) in [6.07, 6.45) is 0. The lowest BCUT2D eigenvalue weighted by Gasteiger charge is -2.33. The van der Waals surface area contributed by atoms with Gasteiger partial charge in [-0.25, -0.2) is 0 Å². The van der Waals surface area contributed by atoms with Gasteiger partial charge in [-0.2, -0.15) is 0 Å². The highest BCUT2D eigenvalue weighted by molar-refractivity contribution is 5.69. The summed E-state index contributed by atoms with van der Waals surface area (Å²) in [7, 11) is 5.62. The van der Waals surface area contributed by atoms with Gasteiger partial charge in [0.05, 0.1) is 13.2 Å². The van der Waals surface area contributed by atoms with Crippen LogP contribution in [0.1, 0.15) is 13.8 Å². The zero-order chi connectivity index (χ0) is 13.4. The monoisotopic (exact) mass is 246 g/mol. The predicted octanol–water partition coefficient (Wildman–Crippen LogP) is 0.606. The molecule has 0 bridgehead atoms. The number of hydrogen-bond donors (Lipinski definition) is 1. The number of rotatable bonds is 9. The van der Waals surface area contributed by atoms with Crippen molar-refractivity contribution in [3.63, 3.8) is 0 Å². The lowest BCUT2D eigenvalue weighted by Crippen LogP contribution is -2.47. The van der Waals surface area contributed by atoms with Gasteiger partial charge in [0.2, 0.25) is 0 Å². The summed E-state index contributed by atoms with van der Waals surface area (Å²) < 4.78 is 5.19. The van der Waals surface area contributed by atoms with Crippen LogP contribution in [-0.4, -0.2) is 74.4 Å². The third-order valence-corrected chi connectivity index (χ3v) is 2.75. The number of ether oxygens (including phenoxy) is 1. The zero-order valence-corrected chi connectivity index (χ0v) is 11.6. The normalized spacial score (nSPS) is 13.6. The molecular formula is C12H26N2O3. The van der Waals surface area contributed by atoms with Gasteiger partial charge < -0.3 is 14.7 Å². The minimum absolute atomic E-state index is 0.0695. The topological polar surface area (TPSA) is 53.0 Å². The molecule has 5 nitrogen and oxygen atoms in total. The summed E-state index contributed by atoms with van der Waals surface area (Å²) >= 11 is 0. The molecule has 0 radical (unpaired) electrons. The molecule has 0 saturated carbocycles. The van der Waals surface area contributed by atoms with Crippen molar-refractivity contribution in [1.29, 1.82) is 0 Å². The molecule has 1 atom stereocenters. The maximum atomic E-state index is 10.9. The maximum absolute atomic E-state index is 10.9. The number of carbonyl (C=O) groups is 1. The van der Waals surface area contributed by atoms with Gasteiger partial charge in [-0.05, 0) is 20.0 Å². The van der Waals surface area contributed by atoms with Crippen LogP contribution >= 0.6 is 0 Å². The largest absolute Gasteiger partial charge is 0.480 e. The van der Waals surface area contributed by atoms with E-state index in [1.165, 1.54) is 0 Å². The standard InChI is InChI=1S/C12H26N2O3/c1-10(2)11(9-17-5)14(8-12(15)16)7-6-13(3)4/h10-11H,6-9H2,1-5H3,(H,15,16). The second-order valence-corrected chi connectivity index (χ2v) is 4.93. The molecule has 0 aliphatic rings. The summed E-state index contributed by atoms with van der Waals surface area (Å²) in [5.41, 5.74) is 0. The van der Waals surface area contributed by atoms with Crippen LogP contribution in [0.25, 0.3) is 0 Å². The summed E-state index contributed by atoms with van der Waals surface area (Å²) in [6.45, 7) is 6.41. The van der Waals surface area contributed by atoms with Gasteiger partial charge in [0.25, 0.3) is 0 Å². The summed E-state index contributed by atoms with van der Waals surface area (Å²) in [4.78, 5) is 14.9. The molecule has 0 fully saturated rings. The Kier molecular flexibility index (Phi) is 8.12. The van der Waals surface area contributed by atoms with Crippen LogP contribution in [0.2, 0.25) is 0 Å². The fraction of sp³-hybridized carbons (Fsp3) is 0.917. The highest BCUT2D eigenvalue weighted by Crippen LogP contribution is 2.11. The number of aliphatic carboxylic acids is 1. The Morgan fingerprint density at radius 2 is 1.88 bits per heavy atom. The molecular weight excluding hydrogens is 220 g/mol. The van der Waals surface area contributed by atoms with Crippen molar-refractivity contribution in [2.75, 3.05) is 47.4 Å². The number of likely N-dealkylation sites (N-methyl/N-ethyl adjacent to an activating group) is 1. The summed E-state index contributed by atoms with van der Waals surface area (Å²) in [5.74, 6) is -0.415. The Balaban J connectivity index is 4.53. The van der Waals surface area contributed by atoms with Crippen LogP contribution in [0.3, 0.4) is 0 Å². The van der Waals surface area contributed by atoms with Crippen molar-refractivity contribution in [3.05, 3.63) is 0 Å². The van der Waals surface area contributed by atoms with Gasteiger partial charge in [-0.15, -0.1) is 0 Å². The van der Waals surface area contributed by atoms with Gasteiger partial charge in [0, 0.05) is 26.2 Å². The van der Waals surface area contributed by atoms with E-state index in [0.717, 1.165) is 13.1 Å². The molecule has 17 heavy (non-hydrogen) atoms. The fourth-order valence-electron chi connectivity index (χ4n) is 1.75. The molecule has 0 heterocycles. The highest BCUT2D eigenvalue weighted by Gasteiger charge is 2.23. The van der Waals surface area contributed by atoms with Crippen LogP contribution in [0.5, 0.6) is 0 Å². The quantitative estimate of drug-likeness (QED) is 0.646. The van der Waals surface area contributed by atoms with Crippen molar-refractivity contribution >= 4 is 5.97 Å². The minimum Gasteiger partial charge on any atom is -0.480 e. The predicted molar refractivity (Wildman–Crippen MR) is 68.3 cm³/mol. The molecule has 0 saturated heterocycles. The second kappa shape index (κ2) is 8.44. The molecule has 102 valence electrons. The Labute approximate surface area is 104 Å². The van der Waals surface area contributed by atoms with Crippen LogP contribution in [0, 0.1) is 5.92 Å². The number of carboxylic acids is 1. The Morgan fingerprint density at radius 3 is 2.24 bits per heavy atom. The Morgan fingerprint density at radius 1 is 1.29 bits per heavy atom. The lowest BCUT2D eigenvalue weighted by atomic mass is 10.0. The first-order valence-corrected chi connectivity index (χ1v) is 5.98. The van der Waals surface area contributed by atoms with Gasteiger partial charge in [-0.1, -0.05) is 13.8 Å². The molecule has 0 spiro atoms. The fourth-order valence-corrected chi connectivity index (χ4v) is 1.75. The van der Waals surface area contributed by atoms with Crippen molar-refractivity contribution in [2.24, 2.45) is 5.92 Å². The molecule has 0 aromatic heterocycles. The molecule has 1 unspecified atom stereocenters. The number of hydrogen-bond acceptors (Lipinski definition) is 4. The SMILES string of the molecule is COCC(C(C)C)N(CCN(C)C)CC(=O)O. The van der Waals surface area contributed by atoms with Crippen molar-refractivity contribution in [1.82, 2.24) is 9.80 Å². The average molecular weight is 246 g/mol. The molecule has 0 aromatic rings. The first kappa shape index (κ1) is 16.4. The molecule has 0 aliphatic carbocycles. The van der Waals surface area contributed by atoms with Crippen molar-refractivity contribution in [2.45, 2.75) is 19.9 Å². The molecule has 5 heteroatoms. The number of methoxy groups -OCH3 is 1. The van der Waals surface area contributed by atoms with E-state index in [0.29, 0.717) is 12.5 Å². The molecule has 1 N–H and O–H groups in total. The van der Waals surface area contributed by atoms with E-state index in [1.54, 1.807) is 7.11 Å². The third kappa shape index (κ3) is 7.31. The van der Waals surface area contributed by atoms with Crippen LogP contribution in [-0.2, 0) is 9.53 Å². The number of carboxylic acid groups (broad SMARTS) is 1. The van der Waals surface area contributed by atoms with Gasteiger partial charge in [0.1, 0.15) is 0 Å². The van der Waals surface area contributed by atoms with Gasteiger partial charge in [-0.3, -0.25) is 9.69 Å². The Hall–Kier alpha value is -0.650. The van der Waals surface area contributed by atoms with E-state index in [4.69, 9.17) is 9.84 Å². The third-order valence-electron chi connectivity index (χ3n) is 2.75. The molecule has 0 rings (SSSR count). The minimum atomic E-state index is -0.787. The smallest absolute Gasteiger partial charge is 0.317 e. The van der Waals surface area contributed by atoms with E-state index in [2.05, 4.69) is 18.7 Å². The first-order valence-electron chi connectivity index (χ1n) is 5.98. The highest BCUT2D eigenvalue weighted by atomic mass is 16.5. The van der Waals surface area contributed by atoms with Gasteiger partial charge >= 0.3 is 5.97 Å². The maximum Gasteiger partial charge on any atom is 0.317 e. The molecule has 0 amide bonds. The zero-order valence-electron chi connectivity index (χ0n) is 11.6. The number of nitrogens with zero attached hydrogens (tertiary/aromatic N) is 2. The van der Waals surface area contributed by atoms with Crippen molar-refractivity contribution in [3.8, 4) is 0 Å². The molecule has 0 aromatic carbocycles. The van der Waals surface area contributed by atoms with E-state index >= 15 is 0 Å². The van der Waals surface area contributed by atoms with Crippen LogP contribution < -0.4 is 0 Å². The van der Waals surface area contributed by atoms with E-state index in [1.807, 2.05) is 19.0 Å². The van der Waals surface area contributed by atoms with E-state index < -0.39 is 5.97 Å². The molecule has 0 aliphatic heterocycles. The average Bonchev–Trinajstić information content (AvgIpc) is 2.20. The summed E-state index contributed by atoms with van der Waals surface area (Å²) in [5, 5.41) is 8.95. The van der Waals surface area contributed by atoms with Gasteiger partial charge in [0.15, 0.2) is 0 Å². The first-order chi connectivity index (χ1) is 7.88.